The Labute approximate surface area is 138 Å². The lowest BCUT2D eigenvalue weighted by molar-refractivity contribution is -0.128. The molecule has 0 spiro atoms. The number of fused-ring (bicyclic) bond motifs is 4. The minimum absolute atomic E-state index is 0.191. The van der Waals surface area contributed by atoms with E-state index in [2.05, 4.69) is 16.0 Å². The molecule has 3 fully saturated rings. The van der Waals surface area contributed by atoms with Crippen LogP contribution in [-0.2, 0) is 4.79 Å². The summed E-state index contributed by atoms with van der Waals surface area (Å²) in [6, 6.07) is 5.57. The fourth-order valence-electron chi connectivity index (χ4n) is 3.37. The number of pyridine rings is 1. The topological polar surface area (TPSA) is 33.2 Å². The highest BCUT2D eigenvalue weighted by Gasteiger charge is 2.35. The highest BCUT2D eigenvalue weighted by molar-refractivity contribution is 6.38. The molecule has 2 aromatic rings. The van der Waals surface area contributed by atoms with Crippen LogP contribution in [0.15, 0.2) is 30.1 Å². The van der Waals surface area contributed by atoms with Crippen molar-refractivity contribution < 1.29 is 4.79 Å². The maximum absolute atomic E-state index is 11.8. The highest BCUT2D eigenvalue weighted by atomic mass is 35.5. The average Bonchev–Trinajstić information content (AvgIpc) is 2.49. The van der Waals surface area contributed by atoms with Crippen molar-refractivity contribution in [2.75, 3.05) is 13.1 Å². The number of allylic oxidation sites excluding steroid dienone is 1. The normalized spacial score (nSPS) is 22.8. The molecule has 1 aromatic heterocycles. The van der Waals surface area contributed by atoms with Crippen LogP contribution in [0.3, 0.4) is 0 Å². The van der Waals surface area contributed by atoms with E-state index in [0.29, 0.717) is 22.4 Å². The van der Waals surface area contributed by atoms with Gasteiger partial charge in [0.25, 0.3) is 0 Å². The SMILES string of the molecule is O=C1CN2CCC1C/C2=C\c1ccnc2c(Cl)cc(Cl)cc12. The predicted molar refractivity (Wildman–Crippen MR) is 89.0 cm³/mol. The molecule has 112 valence electrons. The Kier molecular flexibility index (Phi) is 3.35. The van der Waals surface area contributed by atoms with Crippen LogP contribution >= 0.6 is 23.2 Å². The number of hydrogen-bond donors (Lipinski definition) is 0. The molecule has 22 heavy (non-hydrogen) atoms. The number of benzene rings is 1. The van der Waals surface area contributed by atoms with Gasteiger partial charge in [-0.1, -0.05) is 23.2 Å². The van der Waals surface area contributed by atoms with Crippen LogP contribution in [0.5, 0.6) is 0 Å². The molecule has 0 radical (unpaired) electrons. The van der Waals surface area contributed by atoms with Crippen molar-refractivity contribution >= 4 is 46.0 Å². The number of nitrogens with zero attached hydrogens (tertiary/aromatic N) is 2. The molecule has 3 aliphatic heterocycles. The van der Waals surface area contributed by atoms with Gasteiger partial charge >= 0.3 is 0 Å². The first-order chi connectivity index (χ1) is 10.6. The van der Waals surface area contributed by atoms with Gasteiger partial charge in [-0.3, -0.25) is 9.78 Å². The summed E-state index contributed by atoms with van der Waals surface area (Å²) in [5.41, 5.74) is 3.02. The van der Waals surface area contributed by atoms with Gasteiger partial charge in [0.15, 0.2) is 5.78 Å². The molecule has 0 amide bonds. The lowest BCUT2D eigenvalue weighted by atomic mass is 9.84. The number of rotatable bonds is 1. The molecule has 1 unspecified atom stereocenters. The maximum atomic E-state index is 11.8. The Morgan fingerprint density at radius 2 is 2.18 bits per heavy atom. The van der Waals surface area contributed by atoms with E-state index in [1.165, 1.54) is 5.70 Å². The van der Waals surface area contributed by atoms with Gasteiger partial charge in [0.2, 0.25) is 0 Å². The van der Waals surface area contributed by atoms with Crippen molar-refractivity contribution in [1.29, 1.82) is 0 Å². The van der Waals surface area contributed by atoms with Crippen molar-refractivity contribution in [2.24, 2.45) is 5.92 Å². The van der Waals surface area contributed by atoms with E-state index in [1.807, 2.05) is 12.1 Å². The quantitative estimate of drug-likeness (QED) is 0.785. The number of carbonyl (C=O) groups is 1. The van der Waals surface area contributed by atoms with Gasteiger partial charge in [0.1, 0.15) is 0 Å². The summed E-state index contributed by atoms with van der Waals surface area (Å²) in [6.07, 6.45) is 5.72. The van der Waals surface area contributed by atoms with Crippen LogP contribution in [0.2, 0.25) is 10.0 Å². The number of halogens is 2. The van der Waals surface area contributed by atoms with E-state index < -0.39 is 0 Å². The third-order valence-electron chi connectivity index (χ3n) is 4.53. The highest BCUT2D eigenvalue weighted by Crippen LogP contribution is 2.35. The summed E-state index contributed by atoms with van der Waals surface area (Å²) in [5.74, 6) is 0.561. The molecule has 3 aliphatic rings. The minimum atomic E-state index is 0.191. The lowest BCUT2D eigenvalue weighted by Crippen LogP contribution is -2.46. The molecule has 4 heterocycles. The van der Waals surface area contributed by atoms with Crippen LogP contribution in [0, 0.1) is 5.92 Å². The smallest absolute Gasteiger partial charge is 0.155 e. The number of hydrogen-bond acceptors (Lipinski definition) is 3. The second kappa shape index (κ2) is 5.25. The molecule has 1 aromatic carbocycles. The zero-order valence-corrected chi connectivity index (χ0v) is 13.4. The van der Waals surface area contributed by atoms with E-state index in [9.17, 15) is 4.79 Å². The van der Waals surface area contributed by atoms with Crippen LogP contribution in [0.4, 0.5) is 0 Å². The second-order valence-electron chi connectivity index (χ2n) is 5.90. The van der Waals surface area contributed by atoms with Crippen LogP contribution < -0.4 is 0 Å². The molecule has 0 N–H and O–H groups in total. The zero-order chi connectivity index (χ0) is 15.3. The van der Waals surface area contributed by atoms with Gasteiger partial charge < -0.3 is 4.90 Å². The largest absolute Gasteiger partial charge is 0.367 e. The number of ketones is 1. The number of aromatic nitrogens is 1. The van der Waals surface area contributed by atoms with Crippen molar-refractivity contribution in [3.05, 3.63) is 45.7 Å². The molecule has 0 aliphatic carbocycles. The van der Waals surface area contributed by atoms with Crippen molar-refractivity contribution in [3.63, 3.8) is 0 Å². The predicted octanol–water partition coefficient (Wildman–Crippen LogP) is 4.18. The molecule has 0 saturated carbocycles. The summed E-state index contributed by atoms with van der Waals surface area (Å²) in [7, 11) is 0. The van der Waals surface area contributed by atoms with E-state index in [4.69, 9.17) is 23.2 Å². The van der Waals surface area contributed by atoms with Crippen molar-refractivity contribution in [3.8, 4) is 0 Å². The Bertz CT molecular complexity index is 816. The van der Waals surface area contributed by atoms with Gasteiger partial charge in [-0.25, -0.2) is 0 Å². The average molecular weight is 333 g/mol. The van der Waals surface area contributed by atoms with Crippen molar-refractivity contribution in [1.82, 2.24) is 9.88 Å². The first-order valence-electron chi connectivity index (χ1n) is 7.34. The van der Waals surface area contributed by atoms with Gasteiger partial charge in [0.05, 0.1) is 17.1 Å². The van der Waals surface area contributed by atoms with Crippen LogP contribution in [-0.4, -0.2) is 28.8 Å². The Hall–Kier alpha value is -1.58. The van der Waals surface area contributed by atoms with E-state index in [-0.39, 0.29) is 5.92 Å². The van der Waals surface area contributed by atoms with E-state index in [1.54, 1.807) is 12.3 Å². The number of piperidine rings is 3. The lowest BCUT2D eigenvalue weighted by Gasteiger charge is -2.41. The van der Waals surface area contributed by atoms with Gasteiger partial charge in [-0.15, -0.1) is 0 Å². The molecule has 3 nitrogen and oxygen atoms in total. The zero-order valence-electron chi connectivity index (χ0n) is 11.9. The summed E-state index contributed by atoms with van der Waals surface area (Å²) < 4.78 is 0. The molecular weight excluding hydrogens is 319 g/mol. The number of carbonyl (C=O) groups excluding carboxylic acids is 1. The van der Waals surface area contributed by atoms with Gasteiger partial charge in [-0.2, -0.15) is 0 Å². The monoisotopic (exact) mass is 332 g/mol. The molecule has 1 atom stereocenters. The van der Waals surface area contributed by atoms with Crippen LogP contribution in [0.1, 0.15) is 18.4 Å². The van der Waals surface area contributed by atoms with Crippen LogP contribution in [0.25, 0.3) is 17.0 Å². The Morgan fingerprint density at radius 1 is 1.32 bits per heavy atom. The first kappa shape index (κ1) is 14.0. The van der Waals surface area contributed by atoms with Gasteiger partial charge in [0, 0.05) is 34.8 Å². The Balaban J connectivity index is 1.82. The summed E-state index contributed by atoms with van der Waals surface area (Å²) >= 11 is 12.4. The maximum Gasteiger partial charge on any atom is 0.155 e. The fourth-order valence-corrected chi connectivity index (χ4v) is 3.91. The standard InChI is InChI=1S/C17H14Cl2N2O/c18-12-7-14-10(1-3-20-17(14)15(19)8-12)5-13-6-11-2-4-21(13)9-16(11)22/h1,3,5,7-8,11H,2,4,6,9H2/b13-5+. The second-order valence-corrected chi connectivity index (χ2v) is 6.74. The molecule has 2 bridgehead atoms. The summed E-state index contributed by atoms with van der Waals surface area (Å²) in [6.45, 7) is 1.51. The third-order valence-corrected chi connectivity index (χ3v) is 5.04. The first-order valence-corrected chi connectivity index (χ1v) is 8.09. The summed E-state index contributed by atoms with van der Waals surface area (Å²) in [4.78, 5) is 18.4. The molecule has 5 heteroatoms. The third kappa shape index (κ3) is 2.29. The fraction of sp³-hybridized carbons (Fsp3) is 0.294. The van der Waals surface area contributed by atoms with Crippen molar-refractivity contribution in [2.45, 2.75) is 12.8 Å². The molecular formula is C17H14Cl2N2O. The Morgan fingerprint density at radius 3 is 2.91 bits per heavy atom. The summed E-state index contributed by atoms with van der Waals surface area (Å²) in [5, 5.41) is 2.11. The van der Waals surface area contributed by atoms with E-state index in [0.717, 1.165) is 35.9 Å². The van der Waals surface area contributed by atoms with E-state index >= 15 is 0 Å². The molecule has 3 saturated heterocycles. The minimum Gasteiger partial charge on any atom is -0.367 e. The van der Waals surface area contributed by atoms with Gasteiger partial charge in [-0.05, 0) is 42.7 Å². The molecule has 5 rings (SSSR count). The number of Topliss-reactive ketones (excluding diaryl/α,β-unsaturated/α-hetero) is 1.